The average Bonchev–Trinajstić information content (AvgIpc) is 3.60. The molecule has 8 heteroatoms. The van der Waals surface area contributed by atoms with E-state index in [0.717, 1.165) is 16.0 Å². The third kappa shape index (κ3) is 9.15. The third-order valence-electron chi connectivity index (χ3n) is 7.51. The van der Waals surface area contributed by atoms with Crippen molar-refractivity contribution in [3.05, 3.63) is 154 Å². The Morgan fingerprint density at radius 2 is 1.48 bits per heavy atom. The van der Waals surface area contributed by atoms with Crippen LogP contribution in [0.25, 0.3) is 0 Å². The number of benzene rings is 4. The van der Waals surface area contributed by atoms with Gasteiger partial charge in [0, 0.05) is 41.2 Å². The van der Waals surface area contributed by atoms with Crippen LogP contribution in [0, 0.1) is 0 Å². The first-order chi connectivity index (χ1) is 22.5. The normalized spacial score (nSPS) is 11.4. The molecule has 1 atom stereocenters. The second kappa shape index (κ2) is 16.2. The molecule has 0 aliphatic rings. The van der Waals surface area contributed by atoms with Crippen LogP contribution in [0.3, 0.4) is 0 Å². The molecule has 0 saturated carbocycles. The summed E-state index contributed by atoms with van der Waals surface area (Å²) in [7, 11) is 0. The van der Waals surface area contributed by atoms with Gasteiger partial charge in [0.05, 0.1) is 13.0 Å². The zero-order valence-corrected chi connectivity index (χ0v) is 26.2. The quantitative estimate of drug-likeness (QED) is 0.0888. The number of ketones is 1. The summed E-state index contributed by atoms with van der Waals surface area (Å²) in [4.78, 5) is 41.4. The number of nitrogens with one attached hydrogen (secondary N) is 1. The molecule has 46 heavy (non-hydrogen) atoms. The molecule has 0 aliphatic heterocycles. The molecule has 0 aliphatic carbocycles. The fraction of sp³-hybridized carbons (Fsp3) is 0.184. The Kier molecular flexibility index (Phi) is 11.3. The van der Waals surface area contributed by atoms with E-state index in [1.807, 2.05) is 83.1 Å². The number of anilines is 1. The molecule has 234 valence electrons. The molecule has 1 aromatic heterocycles. The van der Waals surface area contributed by atoms with Crippen molar-refractivity contribution in [2.75, 3.05) is 18.5 Å². The lowest BCUT2D eigenvalue weighted by Crippen LogP contribution is -2.33. The Morgan fingerprint density at radius 3 is 2.17 bits per heavy atom. The molecule has 0 radical (unpaired) electrons. The van der Waals surface area contributed by atoms with Gasteiger partial charge in [-0.15, -0.1) is 11.3 Å². The highest BCUT2D eigenvalue weighted by molar-refractivity contribution is 7.10. The van der Waals surface area contributed by atoms with E-state index in [-0.39, 0.29) is 18.1 Å². The molecule has 0 spiro atoms. The van der Waals surface area contributed by atoms with Gasteiger partial charge in [0.25, 0.3) is 0 Å². The summed E-state index contributed by atoms with van der Waals surface area (Å²) in [6.45, 7) is 1.54. The Morgan fingerprint density at radius 1 is 0.783 bits per heavy atom. The first kappa shape index (κ1) is 32.2. The number of para-hydroxylation sites is 1. The van der Waals surface area contributed by atoms with E-state index in [0.29, 0.717) is 55.1 Å². The molecule has 1 heterocycles. The lowest BCUT2D eigenvalue weighted by molar-refractivity contribution is -0.138. The number of rotatable bonds is 16. The lowest BCUT2D eigenvalue weighted by Gasteiger charge is -2.23. The van der Waals surface area contributed by atoms with Crippen molar-refractivity contribution in [2.45, 2.75) is 31.8 Å². The van der Waals surface area contributed by atoms with Crippen LogP contribution in [0.2, 0.25) is 0 Å². The van der Waals surface area contributed by atoms with Crippen LogP contribution >= 0.6 is 11.3 Å². The number of carboxylic acids is 1. The van der Waals surface area contributed by atoms with E-state index in [1.165, 1.54) is 0 Å². The maximum Gasteiger partial charge on any atom is 0.326 e. The Hall–Kier alpha value is -5.21. The molecule has 1 amide bonds. The predicted octanol–water partition coefficient (Wildman–Crippen LogP) is 7.13. The summed E-state index contributed by atoms with van der Waals surface area (Å²) < 4.78 is 5.97. The number of nitrogens with zero attached hydrogens (tertiary/aromatic N) is 1. The van der Waals surface area contributed by atoms with E-state index in [2.05, 4.69) is 5.32 Å². The number of thiophene rings is 1. The van der Waals surface area contributed by atoms with E-state index in [4.69, 9.17) is 4.74 Å². The van der Waals surface area contributed by atoms with Crippen molar-refractivity contribution in [3.8, 4) is 5.75 Å². The minimum absolute atomic E-state index is 0.0873. The minimum Gasteiger partial charge on any atom is -0.494 e. The Labute approximate surface area is 273 Å². The zero-order chi connectivity index (χ0) is 32.1. The second-order valence-electron chi connectivity index (χ2n) is 10.9. The second-order valence-corrected chi connectivity index (χ2v) is 11.9. The Balaban J connectivity index is 1.15. The van der Waals surface area contributed by atoms with Crippen LogP contribution in [-0.4, -0.2) is 46.9 Å². The van der Waals surface area contributed by atoms with Crippen molar-refractivity contribution in [1.29, 1.82) is 0 Å². The highest BCUT2D eigenvalue weighted by Gasteiger charge is 2.21. The molecule has 5 rings (SSSR count). The molecule has 7 nitrogen and oxygen atoms in total. The molecule has 4 aromatic carbocycles. The van der Waals surface area contributed by atoms with Gasteiger partial charge >= 0.3 is 5.97 Å². The maximum absolute atomic E-state index is 13.1. The van der Waals surface area contributed by atoms with Crippen LogP contribution in [0.5, 0.6) is 5.75 Å². The van der Waals surface area contributed by atoms with Crippen LogP contribution < -0.4 is 10.1 Å². The first-order valence-electron chi connectivity index (χ1n) is 15.2. The van der Waals surface area contributed by atoms with Crippen molar-refractivity contribution in [3.63, 3.8) is 0 Å². The fourth-order valence-corrected chi connectivity index (χ4v) is 5.81. The summed E-state index contributed by atoms with van der Waals surface area (Å²) in [6, 6.07) is 36.2. The number of hydrogen-bond acceptors (Lipinski definition) is 6. The van der Waals surface area contributed by atoms with Crippen LogP contribution in [-0.2, 0) is 29.0 Å². The van der Waals surface area contributed by atoms with Crippen LogP contribution in [0.4, 0.5) is 5.69 Å². The average molecular weight is 633 g/mol. The van der Waals surface area contributed by atoms with Crippen molar-refractivity contribution in [2.24, 2.45) is 0 Å². The number of carbonyl (C=O) groups excluding carboxylic acids is 2. The van der Waals surface area contributed by atoms with E-state index < -0.39 is 12.0 Å². The number of hydrogen-bond donors (Lipinski definition) is 2. The molecular formula is C38H36N2O5S. The SMILES string of the molecule is O=C(c1ccccc1)c1ccccc1NC(Cc1ccc(OCCCN(Cc2ccccc2)C(=O)Cc2cccs2)cc1)C(=O)O. The topological polar surface area (TPSA) is 95.9 Å². The molecule has 1 unspecified atom stereocenters. The minimum atomic E-state index is -1.02. The van der Waals surface area contributed by atoms with Crippen molar-refractivity contribution in [1.82, 2.24) is 4.90 Å². The third-order valence-corrected chi connectivity index (χ3v) is 8.39. The van der Waals surface area contributed by atoms with Gasteiger partial charge in [-0.1, -0.05) is 91.0 Å². The molecule has 2 N–H and O–H groups in total. The van der Waals surface area contributed by atoms with Crippen molar-refractivity contribution < 1.29 is 24.2 Å². The van der Waals surface area contributed by atoms with Gasteiger partial charge in [0.2, 0.25) is 5.91 Å². The highest BCUT2D eigenvalue weighted by Crippen LogP contribution is 2.22. The largest absolute Gasteiger partial charge is 0.494 e. The number of ether oxygens (including phenoxy) is 1. The summed E-state index contributed by atoms with van der Waals surface area (Å²) in [5.41, 5.74) is 3.32. The lowest BCUT2D eigenvalue weighted by atomic mass is 10.00. The predicted molar refractivity (Wildman–Crippen MR) is 182 cm³/mol. The molecule has 5 aromatic rings. The molecule has 0 bridgehead atoms. The standard InChI is InChI=1S/C38H36N2O5S/c41-36(26-32-15-9-24-46-32)40(27-29-11-3-1-4-12-29)22-10-23-45-31-20-18-28(19-21-31)25-35(38(43)44)39-34-17-8-7-16-33(34)37(42)30-13-5-2-6-14-30/h1-9,11-21,24,35,39H,10,22-23,25-27H2,(H,43,44). The monoisotopic (exact) mass is 632 g/mol. The summed E-state index contributed by atoms with van der Waals surface area (Å²) in [6.07, 6.45) is 1.26. The van der Waals surface area contributed by atoms with Crippen LogP contribution in [0.1, 0.15) is 38.3 Å². The van der Waals surface area contributed by atoms with Gasteiger partial charge in [-0.3, -0.25) is 9.59 Å². The van der Waals surface area contributed by atoms with Crippen molar-refractivity contribution >= 4 is 34.7 Å². The number of amides is 1. The van der Waals surface area contributed by atoms with E-state index >= 15 is 0 Å². The summed E-state index contributed by atoms with van der Waals surface area (Å²) in [5, 5.41) is 15.0. The van der Waals surface area contributed by atoms with E-state index in [9.17, 15) is 19.5 Å². The maximum atomic E-state index is 13.1. The fourth-order valence-electron chi connectivity index (χ4n) is 5.11. The number of carboxylic acid groups (broad SMARTS) is 1. The van der Waals surface area contributed by atoms with E-state index in [1.54, 1.807) is 59.9 Å². The van der Waals surface area contributed by atoms with Gasteiger partial charge in [-0.25, -0.2) is 4.79 Å². The van der Waals surface area contributed by atoms with Gasteiger partial charge in [0.1, 0.15) is 11.8 Å². The first-order valence-corrected chi connectivity index (χ1v) is 16.1. The summed E-state index contributed by atoms with van der Waals surface area (Å²) >= 11 is 1.59. The highest BCUT2D eigenvalue weighted by atomic mass is 32.1. The van der Waals surface area contributed by atoms with Gasteiger partial charge in [0.15, 0.2) is 5.78 Å². The van der Waals surface area contributed by atoms with Gasteiger partial charge in [-0.05, 0) is 53.3 Å². The number of aliphatic carboxylic acids is 1. The number of carbonyl (C=O) groups is 3. The molecular weight excluding hydrogens is 596 g/mol. The van der Waals surface area contributed by atoms with Gasteiger partial charge in [-0.2, -0.15) is 0 Å². The van der Waals surface area contributed by atoms with Gasteiger partial charge < -0.3 is 20.1 Å². The molecule has 0 saturated heterocycles. The zero-order valence-electron chi connectivity index (χ0n) is 25.4. The molecule has 0 fully saturated rings. The summed E-state index contributed by atoms with van der Waals surface area (Å²) in [5.74, 6) is -0.438. The smallest absolute Gasteiger partial charge is 0.326 e. The Bertz CT molecular complexity index is 1710. The van der Waals surface area contributed by atoms with Crippen LogP contribution in [0.15, 0.2) is 127 Å².